The standard InChI is InChI=1S/C8H6ClN2/c9-4-6-3-7-1-2-10-8(7)11-5-6/h1-3,5H,4H2. The molecule has 0 unspecified atom stereocenters. The Balaban J connectivity index is 2.47. The maximum absolute atomic E-state index is 5.63. The van der Waals surface area contributed by atoms with Crippen LogP contribution in [0.25, 0.3) is 6.08 Å². The molecule has 0 N–H and O–H groups in total. The van der Waals surface area contributed by atoms with Gasteiger partial charge in [-0.1, -0.05) is 0 Å². The van der Waals surface area contributed by atoms with Crippen LogP contribution < -0.4 is 5.32 Å². The minimum Gasteiger partial charge on any atom is -0.237 e. The topological polar surface area (TPSA) is 27.0 Å². The van der Waals surface area contributed by atoms with Crippen LogP contribution in [0.3, 0.4) is 0 Å². The fourth-order valence-corrected chi connectivity index (χ4v) is 1.16. The third-order valence-electron chi connectivity index (χ3n) is 1.56. The van der Waals surface area contributed by atoms with Gasteiger partial charge in [0, 0.05) is 23.8 Å². The van der Waals surface area contributed by atoms with Gasteiger partial charge in [-0.05, 0) is 17.7 Å². The van der Waals surface area contributed by atoms with Crippen molar-refractivity contribution in [3.63, 3.8) is 0 Å². The Morgan fingerprint density at radius 2 is 2.36 bits per heavy atom. The van der Waals surface area contributed by atoms with Crippen LogP contribution in [0.15, 0.2) is 18.5 Å². The highest BCUT2D eigenvalue weighted by atomic mass is 35.5. The van der Waals surface area contributed by atoms with Crippen LogP contribution in [0.4, 0.5) is 5.82 Å². The molecule has 0 atom stereocenters. The van der Waals surface area contributed by atoms with Crippen molar-refractivity contribution in [1.82, 2.24) is 10.3 Å². The van der Waals surface area contributed by atoms with E-state index < -0.39 is 0 Å². The molecule has 0 bridgehead atoms. The SMILES string of the molecule is ClCc1cnc2c(c1)C=C[N]2. The predicted molar refractivity (Wildman–Crippen MR) is 44.6 cm³/mol. The van der Waals surface area contributed by atoms with Crippen LogP contribution in [-0.2, 0) is 5.88 Å². The first-order chi connectivity index (χ1) is 5.40. The summed E-state index contributed by atoms with van der Waals surface area (Å²) in [5, 5.41) is 4.04. The zero-order chi connectivity index (χ0) is 7.68. The van der Waals surface area contributed by atoms with E-state index in [2.05, 4.69) is 10.3 Å². The highest BCUT2D eigenvalue weighted by molar-refractivity contribution is 6.17. The second-order valence-electron chi connectivity index (χ2n) is 2.33. The maximum Gasteiger partial charge on any atom is 0.159 e. The summed E-state index contributed by atoms with van der Waals surface area (Å²) in [5.74, 6) is 1.30. The van der Waals surface area contributed by atoms with Gasteiger partial charge >= 0.3 is 0 Å². The average molecular weight is 166 g/mol. The van der Waals surface area contributed by atoms with Crippen molar-refractivity contribution >= 4 is 23.5 Å². The molecule has 2 heterocycles. The molecule has 55 valence electrons. The molecule has 1 aromatic heterocycles. The van der Waals surface area contributed by atoms with Crippen molar-refractivity contribution in [2.75, 3.05) is 0 Å². The number of rotatable bonds is 1. The number of halogens is 1. The zero-order valence-corrected chi connectivity index (χ0v) is 6.54. The first-order valence-electron chi connectivity index (χ1n) is 3.32. The first-order valence-corrected chi connectivity index (χ1v) is 3.86. The van der Waals surface area contributed by atoms with E-state index in [0.717, 1.165) is 16.9 Å². The van der Waals surface area contributed by atoms with Gasteiger partial charge in [-0.3, -0.25) is 0 Å². The van der Waals surface area contributed by atoms with Crippen molar-refractivity contribution in [3.8, 4) is 0 Å². The molecule has 0 spiro atoms. The van der Waals surface area contributed by atoms with Gasteiger partial charge in [0.15, 0.2) is 5.82 Å². The van der Waals surface area contributed by atoms with E-state index in [1.807, 2.05) is 12.1 Å². The summed E-state index contributed by atoms with van der Waals surface area (Å²) >= 11 is 5.63. The monoisotopic (exact) mass is 165 g/mol. The Hall–Kier alpha value is -1.02. The Morgan fingerprint density at radius 3 is 3.18 bits per heavy atom. The van der Waals surface area contributed by atoms with Crippen molar-refractivity contribution in [2.24, 2.45) is 0 Å². The lowest BCUT2D eigenvalue weighted by Gasteiger charge is -1.97. The quantitative estimate of drug-likeness (QED) is 0.585. The Kier molecular flexibility index (Phi) is 1.55. The Labute approximate surface area is 69.9 Å². The lowest BCUT2D eigenvalue weighted by atomic mass is 10.2. The highest BCUT2D eigenvalue weighted by Crippen LogP contribution is 2.21. The number of nitrogens with zero attached hydrogens (tertiary/aromatic N) is 2. The minimum atomic E-state index is 0.508. The fraction of sp³-hybridized carbons (Fsp3) is 0.125. The van der Waals surface area contributed by atoms with Crippen LogP contribution >= 0.6 is 11.6 Å². The predicted octanol–water partition coefficient (Wildman–Crippen LogP) is 2.04. The lowest BCUT2D eigenvalue weighted by molar-refractivity contribution is 1.10. The van der Waals surface area contributed by atoms with E-state index in [4.69, 9.17) is 11.6 Å². The number of hydrogen-bond acceptors (Lipinski definition) is 1. The molecule has 0 aromatic carbocycles. The van der Waals surface area contributed by atoms with Gasteiger partial charge < -0.3 is 0 Å². The summed E-state index contributed by atoms with van der Waals surface area (Å²) in [7, 11) is 0. The van der Waals surface area contributed by atoms with Crippen molar-refractivity contribution in [3.05, 3.63) is 29.6 Å². The number of aromatic nitrogens is 1. The smallest absolute Gasteiger partial charge is 0.159 e. The van der Waals surface area contributed by atoms with Gasteiger partial charge in [-0.2, -0.15) is 0 Å². The lowest BCUT2D eigenvalue weighted by Crippen LogP contribution is -1.88. The minimum absolute atomic E-state index is 0.508. The molecule has 0 fully saturated rings. The largest absolute Gasteiger partial charge is 0.237 e. The van der Waals surface area contributed by atoms with Crippen LogP contribution in [0.2, 0.25) is 0 Å². The summed E-state index contributed by atoms with van der Waals surface area (Å²) < 4.78 is 0. The van der Waals surface area contributed by atoms with Gasteiger partial charge in [0.25, 0.3) is 0 Å². The zero-order valence-electron chi connectivity index (χ0n) is 5.79. The van der Waals surface area contributed by atoms with Gasteiger partial charge in [0.1, 0.15) is 0 Å². The second-order valence-corrected chi connectivity index (χ2v) is 2.60. The summed E-state index contributed by atoms with van der Waals surface area (Å²) in [5.41, 5.74) is 2.09. The fourth-order valence-electron chi connectivity index (χ4n) is 1.01. The molecular formula is C8H6ClN2. The van der Waals surface area contributed by atoms with Gasteiger partial charge in [-0.25, -0.2) is 10.3 Å². The molecule has 2 rings (SSSR count). The van der Waals surface area contributed by atoms with E-state index in [-0.39, 0.29) is 0 Å². The molecule has 1 aromatic rings. The molecule has 0 aliphatic carbocycles. The molecule has 1 aliphatic rings. The van der Waals surface area contributed by atoms with Crippen molar-refractivity contribution < 1.29 is 0 Å². The molecule has 1 aliphatic heterocycles. The van der Waals surface area contributed by atoms with E-state index in [1.165, 1.54) is 0 Å². The molecule has 2 nitrogen and oxygen atoms in total. The number of hydrogen-bond donors (Lipinski definition) is 0. The number of pyridine rings is 1. The molecule has 11 heavy (non-hydrogen) atoms. The van der Waals surface area contributed by atoms with Crippen LogP contribution in [0.1, 0.15) is 11.1 Å². The third-order valence-corrected chi connectivity index (χ3v) is 1.87. The van der Waals surface area contributed by atoms with E-state index in [9.17, 15) is 0 Å². The van der Waals surface area contributed by atoms with E-state index in [1.54, 1.807) is 12.4 Å². The second kappa shape index (κ2) is 2.55. The average Bonchev–Trinajstić information content (AvgIpc) is 2.50. The first kappa shape index (κ1) is 6.68. The van der Waals surface area contributed by atoms with E-state index >= 15 is 0 Å². The van der Waals surface area contributed by atoms with Gasteiger partial charge in [0.05, 0.1) is 0 Å². The van der Waals surface area contributed by atoms with Crippen molar-refractivity contribution in [1.29, 1.82) is 0 Å². The van der Waals surface area contributed by atoms with Gasteiger partial charge in [-0.15, -0.1) is 11.6 Å². The molecule has 0 saturated heterocycles. The van der Waals surface area contributed by atoms with Crippen LogP contribution in [-0.4, -0.2) is 4.98 Å². The summed E-state index contributed by atoms with van der Waals surface area (Å²) in [6, 6.07) is 2.00. The molecule has 3 heteroatoms. The molecule has 1 radical (unpaired) electrons. The normalized spacial score (nSPS) is 12.8. The molecular weight excluding hydrogens is 160 g/mol. The van der Waals surface area contributed by atoms with Crippen molar-refractivity contribution in [2.45, 2.75) is 5.88 Å². The Bertz CT molecular complexity index is 307. The third kappa shape index (κ3) is 1.10. The number of alkyl halides is 1. The van der Waals surface area contributed by atoms with Gasteiger partial charge in [0.2, 0.25) is 0 Å². The summed E-state index contributed by atoms with van der Waals surface area (Å²) in [4.78, 5) is 4.12. The summed E-state index contributed by atoms with van der Waals surface area (Å²) in [6.45, 7) is 0. The number of fused-ring (bicyclic) bond motifs is 1. The van der Waals surface area contributed by atoms with E-state index in [0.29, 0.717) is 5.88 Å². The van der Waals surface area contributed by atoms with Crippen LogP contribution in [0.5, 0.6) is 0 Å². The molecule has 0 saturated carbocycles. The van der Waals surface area contributed by atoms with Crippen LogP contribution in [0, 0.1) is 0 Å². The summed E-state index contributed by atoms with van der Waals surface area (Å²) in [6.07, 6.45) is 5.43. The maximum atomic E-state index is 5.63. The highest BCUT2D eigenvalue weighted by Gasteiger charge is 2.06. The molecule has 0 amide bonds. The Morgan fingerprint density at radius 1 is 1.45 bits per heavy atom.